The van der Waals surface area contributed by atoms with Crippen LogP contribution in [0.2, 0.25) is 0 Å². The van der Waals surface area contributed by atoms with Crippen molar-refractivity contribution in [2.45, 2.75) is 56.9 Å². The fraction of sp³-hybridized carbons (Fsp3) is 0.647. The molecule has 1 N–H and O–H groups in total. The summed E-state index contributed by atoms with van der Waals surface area (Å²) in [5.74, 6) is 2.40. The van der Waals surface area contributed by atoms with Crippen LogP contribution < -0.4 is 5.32 Å². The molecule has 2 aliphatic rings. The van der Waals surface area contributed by atoms with E-state index in [2.05, 4.69) is 43.6 Å². The Kier molecular flexibility index (Phi) is 3.43. The molecule has 0 aromatic heterocycles. The van der Waals surface area contributed by atoms with Crippen molar-refractivity contribution in [3.63, 3.8) is 0 Å². The van der Waals surface area contributed by atoms with Crippen LogP contribution in [0.4, 0.5) is 0 Å². The molecule has 0 radical (unpaired) electrons. The van der Waals surface area contributed by atoms with E-state index in [1.807, 2.05) is 0 Å². The molecule has 2 saturated carbocycles. The Bertz CT molecular complexity index is 408. The van der Waals surface area contributed by atoms with Crippen molar-refractivity contribution >= 4 is 0 Å². The van der Waals surface area contributed by atoms with Crippen LogP contribution in [0, 0.1) is 5.92 Å². The first kappa shape index (κ1) is 12.2. The zero-order valence-electron chi connectivity index (χ0n) is 11.7. The summed E-state index contributed by atoms with van der Waals surface area (Å²) >= 11 is 0. The third kappa shape index (κ3) is 2.09. The largest absolute Gasteiger partial charge is 0.317 e. The summed E-state index contributed by atoms with van der Waals surface area (Å²) in [6, 6.07) is 10.2. The van der Waals surface area contributed by atoms with E-state index in [1.54, 1.807) is 11.1 Å². The number of rotatable bonds is 3. The Morgan fingerprint density at radius 1 is 1.06 bits per heavy atom. The fourth-order valence-electron chi connectivity index (χ4n) is 3.83. The van der Waals surface area contributed by atoms with Crippen molar-refractivity contribution in [1.29, 1.82) is 0 Å². The van der Waals surface area contributed by atoms with E-state index >= 15 is 0 Å². The number of benzene rings is 1. The van der Waals surface area contributed by atoms with Gasteiger partial charge in [0, 0.05) is 6.04 Å². The van der Waals surface area contributed by atoms with Gasteiger partial charge in [-0.25, -0.2) is 0 Å². The summed E-state index contributed by atoms with van der Waals surface area (Å²) in [6.07, 6.45) is 6.92. The van der Waals surface area contributed by atoms with Gasteiger partial charge in [0.1, 0.15) is 0 Å². The first-order chi connectivity index (χ1) is 8.79. The van der Waals surface area contributed by atoms with Gasteiger partial charge in [-0.2, -0.15) is 0 Å². The minimum Gasteiger partial charge on any atom is -0.317 e. The van der Waals surface area contributed by atoms with Gasteiger partial charge >= 0.3 is 0 Å². The van der Waals surface area contributed by atoms with Crippen LogP contribution in [0.1, 0.15) is 62.0 Å². The smallest absolute Gasteiger partial charge is 0.00957 e. The molecule has 1 nitrogen and oxygen atoms in total. The molecule has 0 aliphatic heterocycles. The first-order valence-corrected chi connectivity index (χ1v) is 7.56. The summed E-state index contributed by atoms with van der Waals surface area (Å²) in [4.78, 5) is 0. The average Bonchev–Trinajstić information content (AvgIpc) is 2.68. The number of nitrogens with one attached hydrogen (secondary N) is 1. The van der Waals surface area contributed by atoms with Gasteiger partial charge in [0.15, 0.2) is 0 Å². The molecule has 0 spiro atoms. The highest BCUT2D eigenvalue weighted by molar-refractivity contribution is 5.31. The van der Waals surface area contributed by atoms with Crippen molar-refractivity contribution in [3.05, 3.63) is 35.4 Å². The van der Waals surface area contributed by atoms with Crippen LogP contribution >= 0.6 is 0 Å². The Balaban J connectivity index is 1.79. The van der Waals surface area contributed by atoms with E-state index in [9.17, 15) is 0 Å². The summed E-state index contributed by atoms with van der Waals surface area (Å²) in [5.41, 5.74) is 3.18. The molecule has 98 valence electrons. The Hall–Kier alpha value is -0.820. The molecule has 18 heavy (non-hydrogen) atoms. The first-order valence-electron chi connectivity index (χ1n) is 7.56. The summed E-state index contributed by atoms with van der Waals surface area (Å²) in [6.45, 7) is 2.41. The molecule has 2 aliphatic carbocycles. The highest BCUT2D eigenvalue weighted by Gasteiger charge is 2.33. The molecule has 1 heteroatoms. The highest BCUT2D eigenvalue weighted by Crippen LogP contribution is 2.42. The Labute approximate surface area is 111 Å². The molecule has 0 amide bonds. The van der Waals surface area contributed by atoms with Crippen molar-refractivity contribution in [1.82, 2.24) is 5.32 Å². The normalized spacial score (nSPS) is 32.4. The number of hydrogen-bond donors (Lipinski definition) is 1. The maximum absolute atomic E-state index is 3.47. The van der Waals surface area contributed by atoms with Gasteiger partial charge in [-0.3, -0.25) is 0 Å². The molecule has 3 rings (SSSR count). The fourth-order valence-corrected chi connectivity index (χ4v) is 3.83. The molecule has 3 unspecified atom stereocenters. The van der Waals surface area contributed by atoms with E-state index in [-0.39, 0.29) is 0 Å². The minimum atomic E-state index is 0.711. The summed E-state index contributed by atoms with van der Waals surface area (Å²) in [5, 5.41) is 3.47. The second-order valence-corrected chi connectivity index (χ2v) is 6.24. The molecule has 1 aromatic rings. The monoisotopic (exact) mass is 243 g/mol. The molecule has 0 bridgehead atoms. The van der Waals surface area contributed by atoms with E-state index in [1.165, 1.54) is 32.1 Å². The lowest BCUT2D eigenvalue weighted by Gasteiger charge is -2.27. The predicted molar refractivity (Wildman–Crippen MR) is 77.0 cm³/mol. The second-order valence-electron chi connectivity index (χ2n) is 6.24. The average molecular weight is 243 g/mol. The van der Waals surface area contributed by atoms with Crippen molar-refractivity contribution in [3.8, 4) is 0 Å². The van der Waals surface area contributed by atoms with Crippen LogP contribution in [0.5, 0.6) is 0 Å². The van der Waals surface area contributed by atoms with E-state index in [0.717, 1.165) is 17.8 Å². The maximum atomic E-state index is 3.47. The van der Waals surface area contributed by atoms with Crippen LogP contribution in [0.3, 0.4) is 0 Å². The van der Waals surface area contributed by atoms with Gasteiger partial charge in [0.05, 0.1) is 0 Å². The van der Waals surface area contributed by atoms with Gasteiger partial charge in [-0.1, -0.05) is 37.6 Å². The third-order valence-electron chi connectivity index (χ3n) is 5.34. The van der Waals surface area contributed by atoms with E-state index in [0.29, 0.717) is 6.04 Å². The topological polar surface area (TPSA) is 12.0 Å². The Morgan fingerprint density at radius 3 is 2.44 bits per heavy atom. The molecular formula is C17H25N. The van der Waals surface area contributed by atoms with E-state index in [4.69, 9.17) is 0 Å². The summed E-state index contributed by atoms with van der Waals surface area (Å²) < 4.78 is 0. The molecule has 0 saturated heterocycles. The van der Waals surface area contributed by atoms with Crippen LogP contribution in [-0.2, 0) is 0 Å². The predicted octanol–water partition coefficient (Wildman–Crippen LogP) is 4.06. The lowest BCUT2D eigenvalue weighted by Crippen LogP contribution is -2.28. The van der Waals surface area contributed by atoms with Gasteiger partial charge in [0.2, 0.25) is 0 Å². The quantitative estimate of drug-likeness (QED) is 0.844. The minimum absolute atomic E-state index is 0.711. The second kappa shape index (κ2) is 5.05. The third-order valence-corrected chi connectivity index (χ3v) is 5.34. The lowest BCUT2D eigenvalue weighted by atomic mass is 9.78. The molecular weight excluding hydrogens is 218 g/mol. The SMILES string of the molecule is CNC1CCC(c2cccc(C3CCC3)c2)C1C. The number of hydrogen-bond acceptors (Lipinski definition) is 1. The van der Waals surface area contributed by atoms with E-state index < -0.39 is 0 Å². The highest BCUT2D eigenvalue weighted by atomic mass is 14.9. The molecule has 3 atom stereocenters. The maximum Gasteiger partial charge on any atom is 0.00957 e. The van der Waals surface area contributed by atoms with Gasteiger partial charge in [-0.15, -0.1) is 0 Å². The van der Waals surface area contributed by atoms with Crippen LogP contribution in [0.25, 0.3) is 0 Å². The zero-order chi connectivity index (χ0) is 12.5. The van der Waals surface area contributed by atoms with Crippen LogP contribution in [0.15, 0.2) is 24.3 Å². The van der Waals surface area contributed by atoms with Gasteiger partial charge in [0.25, 0.3) is 0 Å². The molecule has 2 fully saturated rings. The van der Waals surface area contributed by atoms with Crippen molar-refractivity contribution in [2.75, 3.05) is 7.05 Å². The molecule has 1 aromatic carbocycles. The van der Waals surface area contributed by atoms with Gasteiger partial charge < -0.3 is 5.32 Å². The summed E-state index contributed by atoms with van der Waals surface area (Å²) in [7, 11) is 2.11. The zero-order valence-corrected chi connectivity index (χ0v) is 11.7. The standard InChI is InChI=1S/C17H25N/c1-12-16(9-10-17(12)18-2)15-8-4-7-14(11-15)13-5-3-6-13/h4,7-8,11-13,16-18H,3,5-6,9-10H2,1-2H3. The van der Waals surface area contributed by atoms with Crippen molar-refractivity contribution < 1.29 is 0 Å². The molecule has 0 heterocycles. The van der Waals surface area contributed by atoms with Gasteiger partial charge in [-0.05, 0) is 61.6 Å². The van der Waals surface area contributed by atoms with Crippen molar-refractivity contribution in [2.24, 2.45) is 5.92 Å². The lowest BCUT2D eigenvalue weighted by molar-refractivity contribution is 0.415. The Morgan fingerprint density at radius 2 is 1.83 bits per heavy atom. The van der Waals surface area contributed by atoms with Crippen LogP contribution in [-0.4, -0.2) is 13.1 Å².